The predicted octanol–water partition coefficient (Wildman–Crippen LogP) is 2.82. The van der Waals surface area contributed by atoms with Crippen molar-refractivity contribution in [3.63, 3.8) is 0 Å². The maximum Gasteiger partial charge on any atom is 0.243 e. The molecule has 0 bridgehead atoms. The summed E-state index contributed by atoms with van der Waals surface area (Å²) < 4.78 is 15.9. The highest BCUT2D eigenvalue weighted by Gasteiger charge is 2.33. The van der Waals surface area contributed by atoms with Gasteiger partial charge in [-0.3, -0.25) is 9.59 Å². The summed E-state index contributed by atoms with van der Waals surface area (Å²) in [6, 6.07) is 9.92. The molecule has 0 aliphatic carbocycles. The topological polar surface area (TPSA) is 45.6 Å². The summed E-state index contributed by atoms with van der Waals surface area (Å²) in [6.45, 7) is 5.27. The van der Waals surface area contributed by atoms with Gasteiger partial charge in [0.05, 0.1) is 12.6 Å². The Morgan fingerprint density at radius 3 is 2.73 bits per heavy atom. The van der Waals surface area contributed by atoms with E-state index in [2.05, 4.69) is 4.57 Å². The summed E-state index contributed by atoms with van der Waals surface area (Å²) in [5, 5.41) is 0. The Labute approximate surface area is 153 Å². The number of aromatic nitrogens is 1. The highest BCUT2D eigenvalue weighted by Crippen LogP contribution is 2.32. The van der Waals surface area contributed by atoms with Crippen LogP contribution < -0.4 is 0 Å². The molecule has 2 aromatic rings. The number of amides is 2. The van der Waals surface area contributed by atoms with Crippen molar-refractivity contribution in [1.82, 2.24) is 14.4 Å². The molecule has 1 aliphatic rings. The van der Waals surface area contributed by atoms with Crippen molar-refractivity contribution < 1.29 is 14.0 Å². The van der Waals surface area contributed by atoms with Crippen molar-refractivity contribution in [3.8, 4) is 0 Å². The molecule has 0 saturated carbocycles. The van der Waals surface area contributed by atoms with Gasteiger partial charge in [0.15, 0.2) is 0 Å². The minimum atomic E-state index is -0.350. The summed E-state index contributed by atoms with van der Waals surface area (Å²) in [6.07, 6.45) is 2.77. The second kappa shape index (κ2) is 7.72. The van der Waals surface area contributed by atoms with Gasteiger partial charge < -0.3 is 14.4 Å². The van der Waals surface area contributed by atoms with E-state index in [1.807, 2.05) is 31.3 Å². The maximum atomic E-state index is 13.8. The zero-order valence-corrected chi connectivity index (χ0v) is 15.2. The van der Waals surface area contributed by atoms with E-state index in [1.165, 1.54) is 19.1 Å². The van der Waals surface area contributed by atoms with Crippen LogP contribution in [0.25, 0.3) is 0 Å². The number of hydrogen-bond donors (Lipinski definition) is 0. The lowest BCUT2D eigenvalue weighted by Crippen LogP contribution is -2.47. The van der Waals surface area contributed by atoms with E-state index in [1.54, 1.807) is 15.9 Å². The second-order valence-electron chi connectivity index (χ2n) is 6.61. The molecular weight excluding hydrogens is 333 g/mol. The van der Waals surface area contributed by atoms with Crippen LogP contribution in [-0.2, 0) is 16.1 Å². The van der Waals surface area contributed by atoms with Crippen molar-refractivity contribution in [2.24, 2.45) is 0 Å². The van der Waals surface area contributed by atoms with Crippen LogP contribution in [0, 0.1) is 5.82 Å². The molecule has 1 unspecified atom stereocenters. The smallest absolute Gasteiger partial charge is 0.243 e. The largest absolute Gasteiger partial charge is 0.348 e. The number of carbonyl (C=O) groups is 2. The van der Waals surface area contributed by atoms with E-state index in [0.29, 0.717) is 19.6 Å². The fourth-order valence-electron chi connectivity index (χ4n) is 3.55. The number of nitrogens with zero attached hydrogens (tertiary/aromatic N) is 3. The minimum Gasteiger partial charge on any atom is -0.348 e. The van der Waals surface area contributed by atoms with Crippen LogP contribution in [0.15, 0.2) is 42.6 Å². The lowest BCUT2D eigenvalue weighted by molar-refractivity contribution is -0.141. The van der Waals surface area contributed by atoms with Crippen LogP contribution in [0.5, 0.6) is 0 Å². The third-order valence-electron chi connectivity index (χ3n) is 4.79. The average molecular weight is 357 g/mol. The standard InChI is InChI=1S/C20H24FN3O2/c1-3-9-23(15(2)25)14-19(26)24-12-11-22-10-5-8-18(22)20(24)16-6-4-7-17(21)13-16/h4-8,10,13,20H,3,9,11-12,14H2,1-2H3. The Kier molecular flexibility index (Phi) is 5.40. The van der Waals surface area contributed by atoms with Crippen molar-refractivity contribution in [2.75, 3.05) is 19.6 Å². The average Bonchev–Trinajstić information content (AvgIpc) is 3.08. The van der Waals surface area contributed by atoms with Crippen LogP contribution in [0.4, 0.5) is 4.39 Å². The lowest BCUT2D eigenvalue weighted by Gasteiger charge is -2.38. The van der Waals surface area contributed by atoms with Gasteiger partial charge in [-0.2, -0.15) is 0 Å². The first kappa shape index (κ1) is 18.2. The third kappa shape index (κ3) is 3.64. The zero-order valence-electron chi connectivity index (χ0n) is 15.2. The number of benzene rings is 1. The second-order valence-corrected chi connectivity index (χ2v) is 6.61. The molecule has 3 rings (SSSR count). The summed E-state index contributed by atoms with van der Waals surface area (Å²) in [4.78, 5) is 28.2. The van der Waals surface area contributed by atoms with E-state index < -0.39 is 0 Å². The Balaban J connectivity index is 1.92. The Hall–Kier alpha value is -2.63. The minimum absolute atomic E-state index is 0.0513. The van der Waals surface area contributed by atoms with E-state index in [-0.39, 0.29) is 30.2 Å². The SMILES string of the molecule is CCCN(CC(=O)N1CCn2cccc2C1c1cccc(F)c1)C(C)=O. The van der Waals surface area contributed by atoms with Gasteiger partial charge >= 0.3 is 0 Å². The summed E-state index contributed by atoms with van der Waals surface area (Å²) in [7, 11) is 0. The van der Waals surface area contributed by atoms with Crippen molar-refractivity contribution in [1.29, 1.82) is 0 Å². The summed E-state index contributed by atoms with van der Waals surface area (Å²) in [5.74, 6) is -0.548. The number of hydrogen-bond acceptors (Lipinski definition) is 2. The van der Waals surface area contributed by atoms with Crippen LogP contribution >= 0.6 is 0 Å². The molecule has 5 nitrogen and oxygen atoms in total. The molecule has 138 valence electrons. The highest BCUT2D eigenvalue weighted by atomic mass is 19.1. The Morgan fingerprint density at radius 1 is 1.23 bits per heavy atom. The molecule has 6 heteroatoms. The van der Waals surface area contributed by atoms with Crippen LogP contribution in [0.2, 0.25) is 0 Å². The molecule has 1 aromatic heterocycles. The molecule has 26 heavy (non-hydrogen) atoms. The van der Waals surface area contributed by atoms with E-state index in [4.69, 9.17) is 0 Å². The zero-order chi connectivity index (χ0) is 18.7. The quantitative estimate of drug-likeness (QED) is 0.826. The van der Waals surface area contributed by atoms with Gasteiger partial charge in [0.25, 0.3) is 0 Å². The fourth-order valence-corrected chi connectivity index (χ4v) is 3.55. The number of fused-ring (bicyclic) bond motifs is 1. The number of rotatable bonds is 5. The van der Waals surface area contributed by atoms with Crippen LogP contribution in [0.3, 0.4) is 0 Å². The lowest BCUT2D eigenvalue weighted by atomic mass is 9.99. The number of carbonyl (C=O) groups excluding carboxylic acids is 2. The molecule has 0 spiro atoms. The van der Waals surface area contributed by atoms with Gasteiger partial charge in [-0.05, 0) is 36.2 Å². The first-order chi connectivity index (χ1) is 12.5. The summed E-state index contributed by atoms with van der Waals surface area (Å²) >= 11 is 0. The van der Waals surface area contributed by atoms with Crippen molar-refractivity contribution >= 4 is 11.8 Å². The van der Waals surface area contributed by atoms with E-state index in [9.17, 15) is 14.0 Å². The normalized spacial score (nSPS) is 16.3. The molecular formula is C20H24FN3O2. The molecule has 1 atom stereocenters. The van der Waals surface area contributed by atoms with Gasteiger partial charge in [-0.15, -0.1) is 0 Å². The molecule has 1 aromatic carbocycles. The molecule has 0 radical (unpaired) electrons. The monoisotopic (exact) mass is 357 g/mol. The molecule has 2 heterocycles. The van der Waals surface area contributed by atoms with Gasteiger partial charge in [0.1, 0.15) is 5.82 Å². The maximum absolute atomic E-state index is 13.8. The van der Waals surface area contributed by atoms with Crippen LogP contribution in [-0.4, -0.2) is 45.8 Å². The van der Waals surface area contributed by atoms with E-state index >= 15 is 0 Å². The first-order valence-corrected chi connectivity index (χ1v) is 8.96. The Bertz CT molecular complexity index is 802. The molecule has 1 aliphatic heterocycles. The molecule has 0 N–H and O–H groups in total. The molecule has 0 fully saturated rings. The van der Waals surface area contributed by atoms with Gasteiger partial charge in [0.2, 0.25) is 11.8 Å². The van der Waals surface area contributed by atoms with Crippen LogP contribution in [0.1, 0.15) is 37.6 Å². The Morgan fingerprint density at radius 2 is 2.04 bits per heavy atom. The molecule has 0 saturated heterocycles. The fraction of sp³-hybridized carbons (Fsp3) is 0.400. The van der Waals surface area contributed by atoms with Gasteiger partial charge in [-0.25, -0.2) is 4.39 Å². The van der Waals surface area contributed by atoms with Gasteiger partial charge in [-0.1, -0.05) is 19.1 Å². The number of halogens is 1. The van der Waals surface area contributed by atoms with E-state index in [0.717, 1.165) is 17.7 Å². The summed E-state index contributed by atoms with van der Waals surface area (Å²) in [5.41, 5.74) is 1.70. The molecule has 2 amide bonds. The highest BCUT2D eigenvalue weighted by molar-refractivity contribution is 5.84. The van der Waals surface area contributed by atoms with Crippen molar-refractivity contribution in [3.05, 3.63) is 59.7 Å². The third-order valence-corrected chi connectivity index (χ3v) is 4.79. The predicted molar refractivity (Wildman–Crippen MR) is 96.9 cm³/mol. The van der Waals surface area contributed by atoms with Gasteiger partial charge in [0, 0.05) is 38.4 Å². The van der Waals surface area contributed by atoms with Crippen molar-refractivity contribution in [2.45, 2.75) is 32.9 Å². The first-order valence-electron chi connectivity index (χ1n) is 8.96.